The van der Waals surface area contributed by atoms with Crippen molar-refractivity contribution in [1.29, 1.82) is 0 Å². The summed E-state index contributed by atoms with van der Waals surface area (Å²) in [6.07, 6.45) is -3.09. The van der Waals surface area contributed by atoms with Crippen molar-refractivity contribution in [3.8, 4) is 11.5 Å². The summed E-state index contributed by atoms with van der Waals surface area (Å²) in [6.45, 7) is 2.02. The number of nitrogens with one attached hydrogen (secondary N) is 1. The second kappa shape index (κ2) is 7.45. The van der Waals surface area contributed by atoms with Gasteiger partial charge in [-0.2, -0.15) is 18.3 Å². The molecular formula is C18H16ClF3N2O2. The van der Waals surface area contributed by atoms with Crippen LogP contribution in [-0.2, 0) is 12.6 Å². The molecule has 0 atom stereocenters. The first-order valence-electron chi connectivity index (χ1n) is 7.87. The number of ether oxygens (including phenoxy) is 2. The average Bonchev–Trinajstić information content (AvgIpc) is 3.06. The molecule has 1 N–H and O–H groups in total. The zero-order valence-corrected chi connectivity index (χ0v) is 14.6. The van der Waals surface area contributed by atoms with Crippen LogP contribution in [0.1, 0.15) is 24.5 Å². The molecule has 2 aromatic rings. The van der Waals surface area contributed by atoms with Crippen LogP contribution in [0.5, 0.6) is 11.5 Å². The molecule has 0 aliphatic carbocycles. The minimum Gasteiger partial charge on any atom is -0.454 e. The van der Waals surface area contributed by atoms with Crippen molar-refractivity contribution in [1.82, 2.24) is 0 Å². The maximum Gasteiger partial charge on any atom is 0.416 e. The summed E-state index contributed by atoms with van der Waals surface area (Å²) >= 11 is 5.93. The molecule has 0 unspecified atom stereocenters. The van der Waals surface area contributed by atoms with Crippen molar-refractivity contribution in [2.75, 3.05) is 12.2 Å². The number of hydrogen-bond donors (Lipinski definition) is 1. The monoisotopic (exact) mass is 384 g/mol. The number of hydrazone groups is 1. The van der Waals surface area contributed by atoms with E-state index in [0.717, 1.165) is 29.2 Å². The van der Waals surface area contributed by atoms with Gasteiger partial charge in [0.1, 0.15) is 0 Å². The number of anilines is 1. The number of nitrogens with zero attached hydrogens (tertiary/aromatic N) is 1. The lowest BCUT2D eigenvalue weighted by molar-refractivity contribution is -0.137. The van der Waals surface area contributed by atoms with Crippen LogP contribution >= 0.6 is 11.6 Å². The molecule has 3 rings (SSSR count). The zero-order chi connectivity index (χ0) is 18.7. The molecule has 0 bridgehead atoms. The molecule has 26 heavy (non-hydrogen) atoms. The van der Waals surface area contributed by atoms with E-state index in [1.54, 1.807) is 6.92 Å². The standard InChI is InChI=1S/C18H16ClF3N2O2/c1-11(2-3-12-4-7-16-17(8-12)26-10-25-16)23-24-15-9-13(18(20,21)22)5-6-14(15)19/h4-9,24H,2-3,10H2,1H3/b23-11+. The topological polar surface area (TPSA) is 42.9 Å². The Morgan fingerprint density at radius 1 is 1.15 bits per heavy atom. The smallest absolute Gasteiger partial charge is 0.416 e. The highest BCUT2D eigenvalue weighted by molar-refractivity contribution is 6.33. The van der Waals surface area contributed by atoms with Crippen LogP contribution in [0.3, 0.4) is 0 Å². The molecule has 1 aliphatic heterocycles. The highest BCUT2D eigenvalue weighted by Gasteiger charge is 2.30. The van der Waals surface area contributed by atoms with E-state index < -0.39 is 11.7 Å². The number of hydrogen-bond acceptors (Lipinski definition) is 4. The van der Waals surface area contributed by atoms with E-state index in [9.17, 15) is 13.2 Å². The molecule has 0 spiro atoms. The maximum absolute atomic E-state index is 12.8. The third-order valence-electron chi connectivity index (χ3n) is 3.87. The van der Waals surface area contributed by atoms with Crippen molar-refractivity contribution < 1.29 is 22.6 Å². The van der Waals surface area contributed by atoms with E-state index in [2.05, 4.69) is 10.5 Å². The number of fused-ring (bicyclic) bond motifs is 1. The summed E-state index contributed by atoms with van der Waals surface area (Å²) in [5.74, 6) is 1.44. The summed E-state index contributed by atoms with van der Waals surface area (Å²) < 4.78 is 48.9. The van der Waals surface area contributed by atoms with Gasteiger partial charge in [-0.1, -0.05) is 17.7 Å². The highest BCUT2D eigenvalue weighted by atomic mass is 35.5. The van der Waals surface area contributed by atoms with E-state index in [4.69, 9.17) is 21.1 Å². The Hall–Kier alpha value is -2.41. The third kappa shape index (κ3) is 4.40. The summed E-state index contributed by atoms with van der Waals surface area (Å²) in [5.41, 5.74) is 3.74. The van der Waals surface area contributed by atoms with E-state index in [1.165, 1.54) is 6.07 Å². The van der Waals surface area contributed by atoms with Gasteiger partial charge in [0.2, 0.25) is 6.79 Å². The Morgan fingerprint density at radius 2 is 1.92 bits per heavy atom. The summed E-state index contributed by atoms with van der Waals surface area (Å²) in [7, 11) is 0. The Morgan fingerprint density at radius 3 is 2.69 bits per heavy atom. The minimum absolute atomic E-state index is 0.115. The minimum atomic E-state index is -4.43. The Kier molecular flexibility index (Phi) is 5.27. The predicted molar refractivity (Wildman–Crippen MR) is 94.1 cm³/mol. The van der Waals surface area contributed by atoms with Crippen LogP contribution in [0.15, 0.2) is 41.5 Å². The van der Waals surface area contributed by atoms with Gasteiger partial charge in [0.25, 0.3) is 0 Å². The first-order chi connectivity index (χ1) is 12.3. The van der Waals surface area contributed by atoms with Gasteiger partial charge in [-0.05, 0) is 55.7 Å². The SMILES string of the molecule is C/C(CCc1ccc2c(c1)OCO2)=N\Nc1cc(C(F)(F)F)ccc1Cl. The quantitative estimate of drug-likeness (QED) is 0.546. The summed E-state index contributed by atoms with van der Waals surface area (Å²) in [5, 5.41) is 4.30. The van der Waals surface area contributed by atoms with Crippen molar-refractivity contribution in [2.45, 2.75) is 25.9 Å². The molecule has 0 fully saturated rings. The summed E-state index contributed by atoms with van der Waals surface area (Å²) in [6, 6.07) is 8.78. The lowest BCUT2D eigenvalue weighted by atomic mass is 10.1. The molecule has 0 amide bonds. The average molecular weight is 385 g/mol. The van der Waals surface area contributed by atoms with Crippen LogP contribution in [-0.4, -0.2) is 12.5 Å². The number of aryl methyl sites for hydroxylation is 1. The van der Waals surface area contributed by atoms with Crippen LogP contribution < -0.4 is 14.9 Å². The molecule has 0 aromatic heterocycles. The number of alkyl halides is 3. The molecule has 2 aromatic carbocycles. The first kappa shape index (κ1) is 18.4. The fourth-order valence-corrected chi connectivity index (χ4v) is 2.58. The fraction of sp³-hybridized carbons (Fsp3) is 0.278. The lowest BCUT2D eigenvalue weighted by Gasteiger charge is -2.10. The zero-order valence-electron chi connectivity index (χ0n) is 13.9. The summed E-state index contributed by atoms with van der Waals surface area (Å²) in [4.78, 5) is 0. The number of benzene rings is 2. The fourth-order valence-electron chi connectivity index (χ4n) is 2.42. The van der Waals surface area contributed by atoms with Gasteiger partial charge in [-0.15, -0.1) is 0 Å². The maximum atomic E-state index is 12.8. The van der Waals surface area contributed by atoms with Crippen molar-refractivity contribution in [3.63, 3.8) is 0 Å². The van der Waals surface area contributed by atoms with E-state index in [0.29, 0.717) is 18.6 Å². The van der Waals surface area contributed by atoms with Gasteiger partial charge in [-0.3, -0.25) is 5.43 Å². The lowest BCUT2D eigenvalue weighted by Crippen LogP contribution is -2.06. The largest absolute Gasteiger partial charge is 0.454 e. The van der Waals surface area contributed by atoms with Crippen LogP contribution in [0.4, 0.5) is 18.9 Å². The molecule has 138 valence electrons. The van der Waals surface area contributed by atoms with Crippen molar-refractivity contribution in [2.24, 2.45) is 5.10 Å². The Labute approximate surface area is 153 Å². The molecule has 0 saturated carbocycles. The van der Waals surface area contributed by atoms with Gasteiger partial charge in [0, 0.05) is 5.71 Å². The van der Waals surface area contributed by atoms with E-state index >= 15 is 0 Å². The second-order valence-corrected chi connectivity index (χ2v) is 6.25. The molecule has 1 heterocycles. The van der Waals surface area contributed by atoms with Crippen molar-refractivity contribution >= 4 is 23.0 Å². The molecule has 0 radical (unpaired) electrons. The van der Waals surface area contributed by atoms with Gasteiger partial charge < -0.3 is 9.47 Å². The third-order valence-corrected chi connectivity index (χ3v) is 4.20. The first-order valence-corrected chi connectivity index (χ1v) is 8.25. The molecule has 1 aliphatic rings. The van der Waals surface area contributed by atoms with Crippen LogP contribution in [0, 0.1) is 0 Å². The Balaban J connectivity index is 1.62. The normalized spacial score (nSPS) is 13.8. The van der Waals surface area contributed by atoms with Gasteiger partial charge >= 0.3 is 6.18 Å². The van der Waals surface area contributed by atoms with E-state index in [1.807, 2.05) is 18.2 Å². The Bertz CT molecular complexity index is 838. The van der Waals surface area contributed by atoms with Gasteiger partial charge in [-0.25, -0.2) is 0 Å². The van der Waals surface area contributed by atoms with E-state index in [-0.39, 0.29) is 17.5 Å². The van der Waals surface area contributed by atoms with Crippen LogP contribution in [0.2, 0.25) is 5.02 Å². The van der Waals surface area contributed by atoms with Crippen LogP contribution in [0.25, 0.3) is 0 Å². The molecule has 4 nitrogen and oxygen atoms in total. The molecular weight excluding hydrogens is 369 g/mol. The van der Waals surface area contributed by atoms with Gasteiger partial charge in [0.05, 0.1) is 16.3 Å². The highest BCUT2D eigenvalue weighted by Crippen LogP contribution is 2.34. The number of halogens is 4. The second-order valence-electron chi connectivity index (χ2n) is 5.84. The predicted octanol–water partition coefficient (Wildman–Crippen LogP) is 5.51. The van der Waals surface area contributed by atoms with Crippen molar-refractivity contribution in [3.05, 3.63) is 52.5 Å². The van der Waals surface area contributed by atoms with Gasteiger partial charge in [0.15, 0.2) is 11.5 Å². The number of rotatable bonds is 5. The molecule has 8 heteroatoms. The molecule has 0 saturated heterocycles.